The van der Waals surface area contributed by atoms with Crippen LogP contribution in [0.3, 0.4) is 0 Å². The topological polar surface area (TPSA) is 69.0 Å². The van der Waals surface area contributed by atoms with E-state index < -0.39 is 0 Å². The molecule has 0 aliphatic rings. The van der Waals surface area contributed by atoms with Crippen molar-refractivity contribution in [2.45, 2.75) is 6.92 Å². The zero-order chi connectivity index (χ0) is 22.1. The van der Waals surface area contributed by atoms with Crippen molar-refractivity contribution in [2.24, 2.45) is 0 Å². The monoisotopic (exact) mass is 486 g/mol. The Kier molecular flexibility index (Phi) is 5.33. The fourth-order valence-corrected chi connectivity index (χ4v) is 3.82. The van der Waals surface area contributed by atoms with Crippen LogP contribution in [0.5, 0.6) is 5.75 Å². The number of carbonyl (C=O) groups excluding carboxylic acids is 1. The fraction of sp³-hybridized carbons (Fsp3) is 0.0800. The van der Waals surface area contributed by atoms with E-state index in [1.165, 1.54) is 0 Å². The Bertz CT molecular complexity index is 1440. The first-order valence-corrected chi connectivity index (χ1v) is 10.9. The van der Waals surface area contributed by atoms with E-state index in [-0.39, 0.29) is 12.5 Å². The highest BCUT2D eigenvalue weighted by Crippen LogP contribution is 2.25. The Labute approximate surface area is 192 Å². The van der Waals surface area contributed by atoms with Crippen LogP contribution in [-0.2, 0) is 4.79 Å². The molecule has 0 saturated heterocycles. The van der Waals surface area contributed by atoms with Gasteiger partial charge in [-0.3, -0.25) is 4.79 Å². The Morgan fingerprint density at radius 3 is 2.50 bits per heavy atom. The number of nitrogens with one attached hydrogen (secondary N) is 1. The van der Waals surface area contributed by atoms with Crippen LogP contribution >= 0.6 is 15.9 Å². The van der Waals surface area contributed by atoms with Gasteiger partial charge in [-0.15, -0.1) is 15.0 Å². The number of halogens is 1. The van der Waals surface area contributed by atoms with Gasteiger partial charge in [0.25, 0.3) is 5.91 Å². The first kappa shape index (κ1) is 20.2. The molecule has 0 saturated carbocycles. The molecule has 0 aliphatic heterocycles. The second kappa shape index (κ2) is 8.43. The van der Waals surface area contributed by atoms with Crippen molar-refractivity contribution in [1.29, 1.82) is 0 Å². The SMILES string of the molecule is Cc1cc2nn(-c3cccc4ccccc34)nc2cc1NC(=O)COc1ccc(Br)cc1. The lowest BCUT2D eigenvalue weighted by molar-refractivity contribution is -0.118. The van der Waals surface area contributed by atoms with Crippen molar-refractivity contribution in [3.63, 3.8) is 0 Å². The molecule has 7 heteroatoms. The zero-order valence-electron chi connectivity index (χ0n) is 17.2. The lowest BCUT2D eigenvalue weighted by Gasteiger charge is -2.09. The smallest absolute Gasteiger partial charge is 0.262 e. The number of amides is 1. The Balaban J connectivity index is 1.38. The van der Waals surface area contributed by atoms with Gasteiger partial charge in [-0.25, -0.2) is 0 Å². The summed E-state index contributed by atoms with van der Waals surface area (Å²) in [5.41, 5.74) is 3.96. The minimum atomic E-state index is -0.239. The fourth-order valence-electron chi connectivity index (χ4n) is 3.56. The molecule has 5 aromatic rings. The zero-order valence-corrected chi connectivity index (χ0v) is 18.8. The van der Waals surface area contributed by atoms with Gasteiger partial charge in [-0.05, 0) is 60.3 Å². The van der Waals surface area contributed by atoms with Crippen molar-refractivity contribution in [3.8, 4) is 11.4 Å². The Morgan fingerprint density at radius 1 is 0.969 bits per heavy atom. The van der Waals surface area contributed by atoms with E-state index in [1.54, 1.807) is 16.9 Å². The van der Waals surface area contributed by atoms with E-state index in [2.05, 4.69) is 49.6 Å². The molecule has 0 bridgehead atoms. The number of rotatable bonds is 5. The summed E-state index contributed by atoms with van der Waals surface area (Å²) in [6.45, 7) is 1.85. The third-order valence-electron chi connectivity index (χ3n) is 5.17. The quantitative estimate of drug-likeness (QED) is 0.347. The molecule has 158 valence electrons. The molecule has 32 heavy (non-hydrogen) atoms. The predicted molar refractivity (Wildman–Crippen MR) is 129 cm³/mol. The molecule has 4 aromatic carbocycles. The number of hydrogen-bond acceptors (Lipinski definition) is 4. The predicted octanol–water partition coefficient (Wildman–Crippen LogP) is 5.66. The number of aromatic nitrogens is 3. The molecule has 0 aliphatic carbocycles. The average Bonchev–Trinajstić information content (AvgIpc) is 3.21. The molecule has 1 aromatic heterocycles. The van der Waals surface area contributed by atoms with E-state index >= 15 is 0 Å². The summed E-state index contributed by atoms with van der Waals surface area (Å²) in [5.74, 6) is 0.394. The van der Waals surface area contributed by atoms with Gasteiger partial charge in [-0.1, -0.05) is 52.3 Å². The van der Waals surface area contributed by atoms with Crippen LogP contribution in [0.4, 0.5) is 5.69 Å². The first-order chi connectivity index (χ1) is 15.6. The van der Waals surface area contributed by atoms with E-state index in [9.17, 15) is 4.79 Å². The van der Waals surface area contributed by atoms with Crippen molar-refractivity contribution in [3.05, 3.63) is 88.9 Å². The van der Waals surface area contributed by atoms with Gasteiger partial charge in [0.15, 0.2) is 6.61 Å². The van der Waals surface area contributed by atoms with Crippen molar-refractivity contribution in [2.75, 3.05) is 11.9 Å². The molecule has 5 rings (SSSR count). The number of nitrogens with zero attached hydrogens (tertiary/aromatic N) is 3. The van der Waals surface area contributed by atoms with Crippen LogP contribution in [0, 0.1) is 6.92 Å². The van der Waals surface area contributed by atoms with Crippen molar-refractivity contribution in [1.82, 2.24) is 15.0 Å². The largest absolute Gasteiger partial charge is 0.484 e. The van der Waals surface area contributed by atoms with Gasteiger partial charge in [0.2, 0.25) is 0 Å². The van der Waals surface area contributed by atoms with Gasteiger partial charge >= 0.3 is 0 Å². The molecule has 1 N–H and O–H groups in total. The molecular formula is C25H19BrN4O2. The molecular weight excluding hydrogens is 468 g/mol. The molecule has 1 heterocycles. The number of carbonyl (C=O) groups is 1. The van der Waals surface area contributed by atoms with Crippen LogP contribution in [0.25, 0.3) is 27.5 Å². The summed E-state index contributed by atoms with van der Waals surface area (Å²) in [4.78, 5) is 14.1. The molecule has 0 fully saturated rings. The van der Waals surface area contributed by atoms with Gasteiger partial charge in [0.05, 0.1) is 5.69 Å². The van der Waals surface area contributed by atoms with Crippen LogP contribution in [0.1, 0.15) is 5.56 Å². The number of fused-ring (bicyclic) bond motifs is 2. The summed E-state index contributed by atoms with van der Waals surface area (Å²) in [6.07, 6.45) is 0. The van der Waals surface area contributed by atoms with Crippen LogP contribution in [0.15, 0.2) is 83.3 Å². The normalized spacial score (nSPS) is 11.1. The highest BCUT2D eigenvalue weighted by Gasteiger charge is 2.12. The van der Waals surface area contributed by atoms with E-state index in [0.717, 1.165) is 32.0 Å². The maximum Gasteiger partial charge on any atom is 0.262 e. The van der Waals surface area contributed by atoms with Gasteiger partial charge in [0, 0.05) is 15.5 Å². The van der Waals surface area contributed by atoms with Crippen LogP contribution in [-0.4, -0.2) is 27.5 Å². The number of ether oxygens (including phenoxy) is 1. The maximum absolute atomic E-state index is 12.4. The average molecular weight is 487 g/mol. The molecule has 0 radical (unpaired) electrons. The molecule has 6 nitrogen and oxygen atoms in total. The number of benzene rings is 4. The molecule has 1 amide bonds. The summed E-state index contributed by atoms with van der Waals surface area (Å²) < 4.78 is 6.51. The minimum Gasteiger partial charge on any atom is -0.484 e. The number of aryl methyl sites for hydroxylation is 1. The van der Waals surface area contributed by atoms with E-state index in [1.807, 2.05) is 55.5 Å². The highest BCUT2D eigenvalue weighted by atomic mass is 79.9. The second-order valence-electron chi connectivity index (χ2n) is 7.43. The number of anilines is 1. The van der Waals surface area contributed by atoms with Crippen molar-refractivity contribution >= 4 is 49.3 Å². The highest BCUT2D eigenvalue weighted by molar-refractivity contribution is 9.10. The molecule has 0 spiro atoms. The number of hydrogen-bond donors (Lipinski definition) is 1. The third kappa shape index (κ3) is 4.07. The standard InChI is InChI=1S/C25H19BrN4O2/c1-16-13-22-23(14-21(16)27-25(31)15-32-19-11-9-18(26)10-12-19)29-30(28-22)24-8-4-6-17-5-2-3-7-20(17)24/h2-14H,15H2,1H3,(H,27,31). The summed E-state index contributed by atoms with van der Waals surface area (Å²) >= 11 is 3.38. The summed E-state index contributed by atoms with van der Waals surface area (Å²) in [6, 6.07) is 25.3. The summed E-state index contributed by atoms with van der Waals surface area (Å²) in [5, 5.41) is 14.4. The van der Waals surface area contributed by atoms with Crippen molar-refractivity contribution < 1.29 is 9.53 Å². The van der Waals surface area contributed by atoms with Gasteiger partial charge in [-0.2, -0.15) is 0 Å². The molecule has 0 atom stereocenters. The maximum atomic E-state index is 12.4. The summed E-state index contributed by atoms with van der Waals surface area (Å²) in [7, 11) is 0. The molecule has 0 unspecified atom stereocenters. The minimum absolute atomic E-state index is 0.0815. The lowest BCUT2D eigenvalue weighted by Crippen LogP contribution is -2.20. The van der Waals surface area contributed by atoms with E-state index in [0.29, 0.717) is 17.0 Å². The Morgan fingerprint density at radius 2 is 1.69 bits per heavy atom. The van der Waals surface area contributed by atoms with Gasteiger partial charge < -0.3 is 10.1 Å². The second-order valence-corrected chi connectivity index (χ2v) is 8.35. The van der Waals surface area contributed by atoms with E-state index in [4.69, 9.17) is 4.74 Å². The first-order valence-electron chi connectivity index (χ1n) is 10.1. The van der Waals surface area contributed by atoms with Crippen LogP contribution in [0.2, 0.25) is 0 Å². The third-order valence-corrected chi connectivity index (χ3v) is 5.69. The van der Waals surface area contributed by atoms with Gasteiger partial charge in [0.1, 0.15) is 16.8 Å². The lowest BCUT2D eigenvalue weighted by atomic mass is 10.1. The Hall–Kier alpha value is -3.71. The van der Waals surface area contributed by atoms with Crippen LogP contribution < -0.4 is 10.1 Å².